The van der Waals surface area contributed by atoms with Crippen molar-refractivity contribution < 1.29 is 29.3 Å². The Hall–Kier alpha value is -3.39. The van der Waals surface area contributed by atoms with Gasteiger partial charge in [-0.3, -0.25) is 4.79 Å². The van der Waals surface area contributed by atoms with Crippen LogP contribution in [-0.2, 0) is 14.3 Å². The highest BCUT2D eigenvalue weighted by atomic mass is 16.5. The minimum atomic E-state index is -1.47. The lowest BCUT2D eigenvalue weighted by Gasteiger charge is -2.22. The van der Waals surface area contributed by atoms with Gasteiger partial charge in [-0.25, -0.2) is 9.59 Å². The highest BCUT2D eigenvalue weighted by Crippen LogP contribution is 2.44. The summed E-state index contributed by atoms with van der Waals surface area (Å²) in [4.78, 5) is 35.9. The molecule has 1 aliphatic carbocycles. The average Bonchev–Trinajstić information content (AvgIpc) is 3.07. The zero-order valence-corrected chi connectivity index (χ0v) is 17.4. The van der Waals surface area contributed by atoms with E-state index in [1.807, 2.05) is 48.5 Å². The second-order valence-electron chi connectivity index (χ2n) is 7.50. The van der Waals surface area contributed by atoms with Crippen LogP contribution in [0.4, 0.5) is 4.79 Å². The Kier molecular flexibility index (Phi) is 6.91. The maximum Gasteiger partial charge on any atom is 0.407 e. The molecule has 8 heteroatoms. The fraction of sp³-hybridized carbons (Fsp3) is 0.348. The molecule has 1 aliphatic rings. The first kappa shape index (κ1) is 22.3. The smallest absolute Gasteiger partial charge is 0.407 e. The maximum atomic E-state index is 12.4. The molecule has 2 aromatic rings. The van der Waals surface area contributed by atoms with E-state index in [-0.39, 0.29) is 18.9 Å². The molecule has 0 saturated heterocycles. The summed E-state index contributed by atoms with van der Waals surface area (Å²) in [5.41, 5.74) is 4.36. The molecule has 0 aromatic heterocycles. The molecule has 3 rings (SSSR count). The molecule has 4 N–H and O–H groups in total. The number of hydrogen-bond acceptors (Lipinski definition) is 5. The quantitative estimate of drug-likeness (QED) is 0.513. The minimum Gasteiger partial charge on any atom is -0.480 e. The SMILES string of the molecule is CC[C@H](NC(=O)OCC1c2ccccc2-c2ccccc21)C(=O)NC(C(=O)O)C(C)O. The summed E-state index contributed by atoms with van der Waals surface area (Å²) >= 11 is 0. The molecule has 0 bridgehead atoms. The van der Waals surface area contributed by atoms with Gasteiger partial charge in [0.25, 0.3) is 0 Å². The average molecular weight is 426 g/mol. The molecule has 2 amide bonds. The van der Waals surface area contributed by atoms with Crippen molar-refractivity contribution in [3.05, 3.63) is 59.7 Å². The van der Waals surface area contributed by atoms with E-state index < -0.39 is 36.2 Å². The van der Waals surface area contributed by atoms with Crippen LogP contribution < -0.4 is 10.6 Å². The van der Waals surface area contributed by atoms with Gasteiger partial charge in [0.1, 0.15) is 12.6 Å². The van der Waals surface area contributed by atoms with Crippen LogP contribution in [0, 0.1) is 0 Å². The number of benzene rings is 2. The molecular weight excluding hydrogens is 400 g/mol. The number of aliphatic hydroxyl groups is 1. The second kappa shape index (κ2) is 9.61. The number of ether oxygens (including phenoxy) is 1. The van der Waals surface area contributed by atoms with Gasteiger partial charge in [0.05, 0.1) is 6.10 Å². The Morgan fingerprint density at radius 2 is 1.55 bits per heavy atom. The lowest BCUT2D eigenvalue weighted by Crippen LogP contribution is -2.54. The van der Waals surface area contributed by atoms with E-state index in [1.165, 1.54) is 6.92 Å². The molecule has 2 unspecified atom stereocenters. The van der Waals surface area contributed by atoms with E-state index in [2.05, 4.69) is 10.6 Å². The zero-order chi connectivity index (χ0) is 22.5. The van der Waals surface area contributed by atoms with Crippen LogP contribution in [0.3, 0.4) is 0 Å². The van der Waals surface area contributed by atoms with Crippen molar-refractivity contribution in [3.8, 4) is 11.1 Å². The number of carboxylic acids is 1. The van der Waals surface area contributed by atoms with E-state index in [9.17, 15) is 19.5 Å². The number of hydrogen-bond donors (Lipinski definition) is 4. The summed E-state index contributed by atoms with van der Waals surface area (Å²) in [5, 5.41) is 23.3. The number of amides is 2. The summed E-state index contributed by atoms with van der Waals surface area (Å²) in [5.74, 6) is -2.18. The molecule has 0 saturated carbocycles. The van der Waals surface area contributed by atoms with Crippen molar-refractivity contribution in [1.82, 2.24) is 10.6 Å². The predicted octanol–water partition coefficient (Wildman–Crippen LogP) is 2.25. The van der Waals surface area contributed by atoms with E-state index in [0.717, 1.165) is 22.3 Å². The number of aliphatic hydroxyl groups excluding tert-OH is 1. The highest BCUT2D eigenvalue weighted by molar-refractivity contribution is 5.89. The first-order valence-corrected chi connectivity index (χ1v) is 10.2. The summed E-state index contributed by atoms with van der Waals surface area (Å²) < 4.78 is 5.43. The molecule has 0 aliphatic heterocycles. The van der Waals surface area contributed by atoms with Gasteiger partial charge in [0, 0.05) is 5.92 Å². The molecule has 2 aromatic carbocycles. The van der Waals surface area contributed by atoms with Crippen LogP contribution in [0.25, 0.3) is 11.1 Å². The molecule has 164 valence electrons. The largest absolute Gasteiger partial charge is 0.480 e. The van der Waals surface area contributed by atoms with Gasteiger partial charge in [-0.15, -0.1) is 0 Å². The van der Waals surface area contributed by atoms with Crippen molar-refractivity contribution in [2.24, 2.45) is 0 Å². The highest BCUT2D eigenvalue weighted by Gasteiger charge is 2.31. The number of fused-ring (bicyclic) bond motifs is 3. The third kappa shape index (κ3) is 4.86. The van der Waals surface area contributed by atoms with Crippen LogP contribution >= 0.6 is 0 Å². The van der Waals surface area contributed by atoms with Gasteiger partial charge in [-0.1, -0.05) is 55.5 Å². The molecule has 31 heavy (non-hydrogen) atoms. The van der Waals surface area contributed by atoms with Gasteiger partial charge in [-0.2, -0.15) is 0 Å². The minimum absolute atomic E-state index is 0.101. The molecule has 3 atom stereocenters. The fourth-order valence-electron chi connectivity index (χ4n) is 3.78. The van der Waals surface area contributed by atoms with Gasteiger partial charge in [0.15, 0.2) is 6.04 Å². The van der Waals surface area contributed by atoms with E-state index in [0.29, 0.717) is 0 Å². The summed E-state index contributed by atoms with van der Waals surface area (Å²) in [6, 6.07) is 13.4. The maximum absolute atomic E-state index is 12.4. The molecular formula is C23H26N2O6. The Balaban J connectivity index is 1.63. The van der Waals surface area contributed by atoms with Crippen LogP contribution in [0.15, 0.2) is 48.5 Å². The molecule has 8 nitrogen and oxygen atoms in total. The monoisotopic (exact) mass is 426 g/mol. The first-order valence-electron chi connectivity index (χ1n) is 10.2. The normalized spacial score (nSPS) is 15.2. The number of nitrogens with one attached hydrogen (secondary N) is 2. The molecule has 0 radical (unpaired) electrons. The van der Waals surface area contributed by atoms with Crippen molar-refractivity contribution >= 4 is 18.0 Å². The second-order valence-corrected chi connectivity index (χ2v) is 7.50. The van der Waals surface area contributed by atoms with Crippen molar-refractivity contribution in [2.45, 2.75) is 44.4 Å². The lowest BCUT2D eigenvalue weighted by molar-refractivity contribution is -0.145. The van der Waals surface area contributed by atoms with Gasteiger partial charge in [0.2, 0.25) is 5.91 Å². The molecule has 0 fully saturated rings. The van der Waals surface area contributed by atoms with Crippen molar-refractivity contribution in [2.75, 3.05) is 6.61 Å². The number of aliphatic carboxylic acids is 1. The van der Waals surface area contributed by atoms with Gasteiger partial charge in [-0.05, 0) is 35.6 Å². The summed E-state index contributed by atoms with van der Waals surface area (Å²) in [6.07, 6.45) is -1.83. The number of alkyl carbamates (subject to hydrolysis) is 1. The number of carbonyl (C=O) groups is 3. The summed E-state index contributed by atoms with van der Waals surface area (Å²) in [6.45, 7) is 3.04. The Morgan fingerprint density at radius 3 is 2.03 bits per heavy atom. The Labute approximate surface area is 180 Å². The number of rotatable bonds is 8. The van der Waals surface area contributed by atoms with Gasteiger partial charge < -0.3 is 25.6 Å². The van der Waals surface area contributed by atoms with Crippen LogP contribution in [-0.4, -0.2) is 53.0 Å². The Bertz CT molecular complexity index is 929. The standard InChI is InChI=1S/C23H26N2O6/c1-3-19(21(27)25-20(13(2)26)22(28)29)24-23(30)31-12-18-16-10-6-4-8-14(16)15-9-5-7-11-17(15)18/h4-11,13,18-20,26H,3,12H2,1-2H3,(H,24,30)(H,25,27)(H,28,29)/t13?,19-,20?/m0/s1. The zero-order valence-electron chi connectivity index (χ0n) is 17.4. The number of carbonyl (C=O) groups excluding carboxylic acids is 2. The third-order valence-corrected chi connectivity index (χ3v) is 5.41. The van der Waals surface area contributed by atoms with Crippen LogP contribution in [0.1, 0.15) is 37.3 Å². The lowest BCUT2D eigenvalue weighted by atomic mass is 9.98. The van der Waals surface area contributed by atoms with E-state index >= 15 is 0 Å². The summed E-state index contributed by atoms with van der Waals surface area (Å²) in [7, 11) is 0. The molecule has 0 spiro atoms. The van der Waals surface area contributed by atoms with Crippen molar-refractivity contribution in [3.63, 3.8) is 0 Å². The third-order valence-electron chi connectivity index (χ3n) is 5.41. The van der Waals surface area contributed by atoms with Crippen molar-refractivity contribution in [1.29, 1.82) is 0 Å². The topological polar surface area (TPSA) is 125 Å². The van der Waals surface area contributed by atoms with Gasteiger partial charge >= 0.3 is 12.1 Å². The Morgan fingerprint density at radius 1 is 1.00 bits per heavy atom. The van der Waals surface area contributed by atoms with E-state index in [4.69, 9.17) is 9.84 Å². The number of carboxylic acid groups (broad SMARTS) is 1. The first-order chi connectivity index (χ1) is 14.8. The molecule has 0 heterocycles. The van der Waals surface area contributed by atoms with Crippen LogP contribution in [0.5, 0.6) is 0 Å². The van der Waals surface area contributed by atoms with E-state index in [1.54, 1.807) is 6.92 Å². The van der Waals surface area contributed by atoms with Crippen LogP contribution in [0.2, 0.25) is 0 Å². The fourth-order valence-corrected chi connectivity index (χ4v) is 3.78. The predicted molar refractivity (Wildman–Crippen MR) is 114 cm³/mol.